The standard InChI is InChI=1S/C35H35N3O5S/c1-6-16-42-35(40)32-24(4)37-34(44-21-31(39)38-28-17-22(2)12-13-23(28)3)27(19-36)33(32)26-14-15-29(30(18-26)41-5)43-20-25-10-8-7-9-11-25/h6-15,17-18,33,37H,1,16,20-21H2,2-5H3,(H,38,39). The average Bonchev–Trinajstić information content (AvgIpc) is 3.03. The summed E-state index contributed by atoms with van der Waals surface area (Å²) in [5.41, 5.74) is 5.45. The number of carbonyl (C=O) groups is 2. The summed E-state index contributed by atoms with van der Waals surface area (Å²) in [6.07, 6.45) is 1.48. The van der Waals surface area contributed by atoms with Crippen molar-refractivity contribution in [2.45, 2.75) is 33.3 Å². The summed E-state index contributed by atoms with van der Waals surface area (Å²) >= 11 is 1.20. The zero-order valence-corrected chi connectivity index (χ0v) is 26.0. The molecular formula is C35H35N3O5S. The lowest BCUT2D eigenvalue weighted by atomic mass is 9.82. The topological polar surface area (TPSA) is 110 Å². The van der Waals surface area contributed by atoms with Crippen LogP contribution in [0, 0.1) is 25.2 Å². The first kappa shape index (κ1) is 32.0. The zero-order valence-electron chi connectivity index (χ0n) is 25.2. The van der Waals surface area contributed by atoms with E-state index in [9.17, 15) is 14.9 Å². The van der Waals surface area contributed by atoms with Crippen LogP contribution in [0.25, 0.3) is 0 Å². The van der Waals surface area contributed by atoms with E-state index in [0.29, 0.717) is 34.4 Å². The van der Waals surface area contributed by atoms with Crippen LogP contribution < -0.4 is 20.1 Å². The van der Waals surface area contributed by atoms with Gasteiger partial charge >= 0.3 is 5.97 Å². The predicted octanol–water partition coefficient (Wildman–Crippen LogP) is 6.69. The number of hydrogen-bond donors (Lipinski definition) is 2. The molecule has 44 heavy (non-hydrogen) atoms. The number of hydrogen-bond acceptors (Lipinski definition) is 8. The molecular weight excluding hydrogens is 574 g/mol. The number of esters is 1. The fourth-order valence-corrected chi connectivity index (χ4v) is 5.65. The van der Waals surface area contributed by atoms with E-state index >= 15 is 0 Å². The van der Waals surface area contributed by atoms with Crippen molar-refractivity contribution in [1.29, 1.82) is 5.26 Å². The maximum atomic E-state index is 13.3. The van der Waals surface area contributed by atoms with Gasteiger partial charge in [-0.1, -0.05) is 72.9 Å². The maximum absolute atomic E-state index is 13.3. The Morgan fingerprint density at radius 2 is 1.84 bits per heavy atom. The summed E-state index contributed by atoms with van der Waals surface area (Å²) in [6, 6.07) is 23.2. The molecule has 3 aromatic rings. The number of rotatable bonds is 12. The molecule has 3 aromatic carbocycles. The molecule has 0 aromatic heterocycles. The Morgan fingerprint density at radius 3 is 2.55 bits per heavy atom. The van der Waals surface area contributed by atoms with E-state index in [4.69, 9.17) is 14.2 Å². The van der Waals surface area contributed by atoms with Gasteiger partial charge in [0.15, 0.2) is 11.5 Å². The van der Waals surface area contributed by atoms with Crippen LogP contribution in [-0.4, -0.2) is 31.3 Å². The van der Waals surface area contributed by atoms with E-state index in [2.05, 4.69) is 23.3 Å². The SMILES string of the molecule is C=CCOC(=O)C1=C(C)NC(SCC(=O)Nc2cc(C)ccc2C)=C(C#N)C1c1ccc(OCc2ccccc2)c(OC)c1. The second-order valence-corrected chi connectivity index (χ2v) is 11.2. The van der Waals surface area contributed by atoms with Crippen LogP contribution in [0.4, 0.5) is 5.69 Å². The van der Waals surface area contributed by atoms with Crippen LogP contribution >= 0.6 is 11.8 Å². The normalized spacial score (nSPS) is 14.3. The van der Waals surface area contributed by atoms with E-state index in [0.717, 1.165) is 22.4 Å². The number of allylic oxidation sites excluding steroid dienone is 2. The fraction of sp³-hybridized carbons (Fsp3) is 0.229. The molecule has 0 saturated carbocycles. The van der Waals surface area contributed by atoms with Crippen molar-refractivity contribution < 1.29 is 23.8 Å². The number of nitrogens with zero attached hydrogens (tertiary/aromatic N) is 1. The highest BCUT2D eigenvalue weighted by atomic mass is 32.2. The quantitative estimate of drug-likeness (QED) is 0.173. The van der Waals surface area contributed by atoms with Gasteiger partial charge in [-0.25, -0.2) is 4.79 Å². The molecule has 1 unspecified atom stereocenters. The number of thioether (sulfide) groups is 1. The number of ether oxygens (including phenoxy) is 3. The number of nitrogens with one attached hydrogen (secondary N) is 2. The largest absolute Gasteiger partial charge is 0.493 e. The molecule has 1 aliphatic rings. The van der Waals surface area contributed by atoms with Crippen LogP contribution in [0.1, 0.15) is 35.1 Å². The van der Waals surface area contributed by atoms with Crippen LogP contribution in [0.5, 0.6) is 11.5 Å². The Hall–Kier alpha value is -4.94. The average molecular weight is 610 g/mol. The molecule has 0 spiro atoms. The second-order valence-electron chi connectivity index (χ2n) is 10.2. The Bertz CT molecular complexity index is 1660. The smallest absolute Gasteiger partial charge is 0.337 e. The van der Waals surface area contributed by atoms with Crippen molar-refractivity contribution in [2.24, 2.45) is 0 Å². The van der Waals surface area contributed by atoms with E-state index in [1.54, 1.807) is 25.1 Å². The monoisotopic (exact) mass is 609 g/mol. The summed E-state index contributed by atoms with van der Waals surface area (Å²) in [6.45, 7) is 9.63. The third kappa shape index (κ3) is 7.71. The zero-order chi connectivity index (χ0) is 31.6. The van der Waals surface area contributed by atoms with Crippen molar-refractivity contribution in [3.8, 4) is 17.6 Å². The van der Waals surface area contributed by atoms with E-state index in [1.165, 1.54) is 24.9 Å². The van der Waals surface area contributed by atoms with Crippen molar-refractivity contribution in [1.82, 2.24) is 5.32 Å². The summed E-state index contributed by atoms with van der Waals surface area (Å²) in [5, 5.41) is 17.0. The molecule has 0 radical (unpaired) electrons. The molecule has 4 rings (SSSR count). The van der Waals surface area contributed by atoms with Gasteiger partial charge in [0.25, 0.3) is 0 Å². The number of anilines is 1. The lowest BCUT2D eigenvalue weighted by Crippen LogP contribution is -2.29. The van der Waals surface area contributed by atoms with E-state index < -0.39 is 11.9 Å². The summed E-state index contributed by atoms with van der Waals surface area (Å²) in [4.78, 5) is 26.2. The van der Waals surface area contributed by atoms with Gasteiger partial charge in [0.2, 0.25) is 5.91 Å². The minimum atomic E-state index is -0.778. The first-order valence-electron chi connectivity index (χ1n) is 14.0. The van der Waals surface area contributed by atoms with Gasteiger partial charge in [-0.3, -0.25) is 4.79 Å². The molecule has 1 amide bonds. The van der Waals surface area contributed by atoms with Crippen LogP contribution in [0.2, 0.25) is 0 Å². The minimum Gasteiger partial charge on any atom is -0.493 e. The highest BCUT2D eigenvalue weighted by molar-refractivity contribution is 8.03. The first-order valence-corrected chi connectivity index (χ1v) is 15.0. The molecule has 2 N–H and O–H groups in total. The molecule has 1 heterocycles. The molecule has 0 saturated heterocycles. The second kappa shape index (κ2) is 15.0. The summed E-state index contributed by atoms with van der Waals surface area (Å²) < 4.78 is 17.1. The predicted molar refractivity (Wildman–Crippen MR) is 173 cm³/mol. The van der Waals surface area contributed by atoms with Gasteiger partial charge in [-0.15, -0.1) is 0 Å². The lowest BCUT2D eigenvalue weighted by molar-refractivity contribution is -0.138. The molecule has 1 aliphatic heterocycles. The number of carbonyl (C=O) groups excluding carboxylic acids is 2. The summed E-state index contributed by atoms with van der Waals surface area (Å²) in [7, 11) is 1.54. The Balaban J connectivity index is 1.65. The van der Waals surface area contributed by atoms with Crippen LogP contribution in [0.3, 0.4) is 0 Å². The number of dihydropyridines is 1. The van der Waals surface area contributed by atoms with Gasteiger partial charge < -0.3 is 24.8 Å². The van der Waals surface area contributed by atoms with Crippen molar-refractivity contribution in [2.75, 3.05) is 24.8 Å². The Kier molecular flexibility index (Phi) is 10.9. The number of benzene rings is 3. The van der Waals surface area contributed by atoms with Crippen molar-refractivity contribution in [3.05, 3.63) is 124 Å². The number of methoxy groups -OCH3 is 1. The number of nitriles is 1. The van der Waals surface area contributed by atoms with Gasteiger partial charge in [-0.2, -0.15) is 5.26 Å². The third-order valence-corrected chi connectivity index (χ3v) is 7.99. The van der Waals surface area contributed by atoms with Gasteiger partial charge in [0.05, 0.1) is 41.0 Å². The minimum absolute atomic E-state index is 0.0175. The fourth-order valence-electron chi connectivity index (χ4n) is 4.76. The maximum Gasteiger partial charge on any atom is 0.337 e. The molecule has 9 heteroatoms. The molecule has 226 valence electrons. The molecule has 0 bridgehead atoms. The number of aryl methyl sites for hydroxylation is 2. The van der Waals surface area contributed by atoms with Gasteiger partial charge in [0, 0.05) is 11.4 Å². The molecule has 8 nitrogen and oxygen atoms in total. The molecule has 0 aliphatic carbocycles. The highest BCUT2D eigenvalue weighted by Gasteiger charge is 2.36. The third-order valence-electron chi connectivity index (χ3n) is 6.97. The highest BCUT2D eigenvalue weighted by Crippen LogP contribution is 2.43. The van der Waals surface area contributed by atoms with Gasteiger partial charge in [-0.05, 0) is 61.2 Å². The lowest BCUT2D eigenvalue weighted by Gasteiger charge is -2.29. The van der Waals surface area contributed by atoms with Crippen LogP contribution in [-0.2, 0) is 20.9 Å². The van der Waals surface area contributed by atoms with Crippen molar-refractivity contribution in [3.63, 3.8) is 0 Å². The summed E-state index contributed by atoms with van der Waals surface area (Å²) in [5.74, 6) is -0.551. The first-order chi connectivity index (χ1) is 21.2. The van der Waals surface area contributed by atoms with E-state index in [1.807, 2.05) is 62.4 Å². The Morgan fingerprint density at radius 1 is 1.07 bits per heavy atom. The van der Waals surface area contributed by atoms with Crippen LogP contribution in [0.15, 0.2) is 101 Å². The van der Waals surface area contributed by atoms with Gasteiger partial charge in [0.1, 0.15) is 13.2 Å². The Labute approximate surface area is 262 Å². The number of amides is 1. The van der Waals surface area contributed by atoms with E-state index in [-0.39, 0.29) is 29.4 Å². The molecule has 0 fully saturated rings. The molecule has 1 atom stereocenters. The van der Waals surface area contributed by atoms with Crippen molar-refractivity contribution >= 4 is 29.3 Å².